The fraction of sp³-hybridized carbons (Fsp3) is 0.381. The van der Waals surface area contributed by atoms with Gasteiger partial charge in [-0.25, -0.2) is 14.6 Å². The van der Waals surface area contributed by atoms with Gasteiger partial charge in [-0.05, 0) is 51.0 Å². The molecule has 28 heavy (non-hydrogen) atoms. The van der Waals surface area contributed by atoms with E-state index in [1.54, 1.807) is 14.2 Å². The van der Waals surface area contributed by atoms with Crippen LogP contribution < -0.4 is 14.4 Å². The maximum atomic E-state index is 5.39. The molecule has 3 aromatic rings. The number of likely N-dealkylation sites (N-methyl/N-ethyl adjacent to an activating group) is 1. The molecule has 0 fully saturated rings. The molecule has 0 saturated carbocycles. The van der Waals surface area contributed by atoms with Crippen molar-refractivity contribution >= 4 is 5.82 Å². The molecule has 0 aliphatic rings. The molecule has 2 heterocycles. The Morgan fingerprint density at radius 1 is 0.964 bits per heavy atom. The number of rotatable bonds is 7. The Bertz CT molecular complexity index is 967. The Labute approximate surface area is 165 Å². The van der Waals surface area contributed by atoms with E-state index in [9.17, 15) is 0 Å². The molecule has 0 bridgehead atoms. The maximum absolute atomic E-state index is 5.39. The summed E-state index contributed by atoms with van der Waals surface area (Å²) in [6, 6.07) is 10.0. The first-order valence-electron chi connectivity index (χ1n) is 9.22. The van der Waals surface area contributed by atoms with E-state index in [0.29, 0.717) is 0 Å². The van der Waals surface area contributed by atoms with Crippen molar-refractivity contribution in [2.75, 3.05) is 32.7 Å². The molecule has 0 radical (unpaired) electrons. The summed E-state index contributed by atoms with van der Waals surface area (Å²) in [6.45, 7) is 6.72. The largest absolute Gasteiger partial charge is 0.493 e. The van der Waals surface area contributed by atoms with Crippen LogP contribution >= 0.6 is 0 Å². The Kier molecular flexibility index (Phi) is 5.82. The lowest BCUT2D eigenvalue weighted by atomic mass is 10.1. The van der Waals surface area contributed by atoms with Crippen LogP contribution in [0, 0.1) is 20.8 Å². The number of anilines is 1. The molecular formula is C21H27N5O2. The molecule has 0 atom stereocenters. The van der Waals surface area contributed by atoms with Crippen molar-refractivity contribution in [2.45, 2.75) is 27.2 Å². The van der Waals surface area contributed by atoms with Gasteiger partial charge in [-0.15, -0.1) is 0 Å². The number of ether oxygens (including phenoxy) is 2. The summed E-state index contributed by atoms with van der Waals surface area (Å²) in [4.78, 5) is 11.3. The standard InChI is InChI=1S/C21H27N5O2/c1-14-11-15(2)26(24-14)21-13-20(22-16(3)23-21)25(4)10-9-17-7-8-18(27-5)19(12-17)28-6/h7-8,11-13H,9-10H2,1-6H3. The highest BCUT2D eigenvalue weighted by molar-refractivity contribution is 5.46. The summed E-state index contributed by atoms with van der Waals surface area (Å²) in [6.07, 6.45) is 0.856. The van der Waals surface area contributed by atoms with Crippen molar-refractivity contribution in [3.8, 4) is 17.3 Å². The van der Waals surface area contributed by atoms with Crippen molar-refractivity contribution in [2.24, 2.45) is 0 Å². The van der Waals surface area contributed by atoms with Gasteiger partial charge in [-0.3, -0.25) is 0 Å². The number of hydrogen-bond acceptors (Lipinski definition) is 6. The second-order valence-corrected chi connectivity index (χ2v) is 6.83. The molecule has 0 unspecified atom stereocenters. The third-order valence-corrected chi connectivity index (χ3v) is 4.61. The van der Waals surface area contributed by atoms with Crippen LogP contribution in [0.2, 0.25) is 0 Å². The van der Waals surface area contributed by atoms with E-state index >= 15 is 0 Å². The molecule has 148 valence electrons. The van der Waals surface area contributed by atoms with Crippen molar-refractivity contribution in [1.82, 2.24) is 19.7 Å². The van der Waals surface area contributed by atoms with Gasteiger partial charge in [0.2, 0.25) is 0 Å². The SMILES string of the molecule is COc1ccc(CCN(C)c2cc(-n3nc(C)cc3C)nc(C)n2)cc1OC. The lowest BCUT2D eigenvalue weighted by molar-refractivity contribution is 0.354. The predicted octanol–water partition coefficient (Wildman–Crippen LogP) is 3.28. The van der Waals surface area contributed by atoms with Crippen LogP contribution in [0.5, 0.6) is 11.5 Å². The van der Waals surface area contributed by atoms with Gasteiger partial charge in [0.25, 0.3) is 0 Å². The quantitative estimate of drug-likeness (QED) is 0.626. The topological polar surface area (TPSA) is 65.3 Å². The van der Waals surface area contributed by atoms with Crippen LogP contribution in [-0.4, -0.2) is 47.6 Å². The molecule has 0 saturated heterocycles. The van der Waals surface area contributed by atoms with E-state index in [0.717, 1.165) is 53.3 Å². The first-order chi connectivity index (χ1) is 13.4. The summed E-state index contributed by atoms with van der Waals surface area (Å²) in [7, 11) is 5.33. The molecule has 0 aliphatic heterocycles. The van der Waals surface area contributed by atoms with Crippen LogP contribution in [0.4, 0.5) is 5.82 Å². The number of benzene rings is 1. The summed E-state index contributed by atoms with van der Waals surface area (Å²) >= 11 is 0. The van der Waals surface area contributed by atoms with Gasteiger partial charge in [0, 0.05) is 25.4 Å². The molecule has 0 amide bonds. The third kappa shape index (κ3) is 4.24. The maximum Gasteiger partial charge on any atom is 0.160 e. The van der Waals surface area contributed by atoms with Gasteiger partial charge >= 0.3 is 0 Å². The monoisotopic (exact) mass is 381 g/mol. The van der Waals surface area contributed by atoms with Crippen molar-refractivity contribution < 1.29 is 9.47 Å². The molecule has 0 spiro atoms. The van der Waals surface area contributed by atoms with Crippen molar-refractivity contribution in [3.05, 3.63) is 53.1 Å². The van der Waals surface area contributed by atoms with Gasteiger partial charge in [0.1, 0.15) is 11.6 Å². The first-order valence-corrected chi connectivity index (χ1v) is 9.22. The molecule has 1 aromatic carbocycles. The molecule has 2 aromatic heterocycles. The molecule has 3 rings (SSSR count). The van der Waals surface area contributed by atoms with Crippen LogP contribution in [0.15, 0.2) is 30.3 Å². The van der Waals surface area contributed by atoms with Gasteiger partial charge in [-0.2, -0.15) is 5.10 Å². The highest BCUT2D eigenvalue weighted by Crippen LogP contribution is 2.28. The van der Waals surface area contributed by atoms with E-state index in [1.807, 2.05) is 56.8 Å². The first kappa shape index (κ1) is 19.7. The Balaban J connectivity index is 1.78. The summed E-state index contributed by atoms with van der Waals surface area (Å²) in [5.41, 5.74) is 3.20. The van der Waals surface area contributed by atoms with Crippen LogP contribution in [0.25, 0.3) is 5.82 Å². The van der Waals surface area contributed by atoms with E-state index in [4.69, 9.17) is 9.47 Å². The zero-order valence-corrected chi connectivity index (χ0v) is 17.4. The van der Waals surface area contributed by atoms with E-state index in [-0.39, 0.29) is 0 Å². The second kappa shape index (κ2) is 8.29. The average Bonchev–Trinajstić information content (AvgIpc) is 3.03. The Hall–Kier alpha value is -3.09. The minimum Gasteiger partial charge on any atom is -0.493 e. The minimum atomic E-state index is 0.720. The lowest BCUT2D eigenvalue weighted by Gasteiger charge is -2.20. The van der Waals surface area contributed by atoms with Crippen molar-refractivity contribution in [3.63, 3.8) is 0 Å². The highest BCUT2D eigenvalue weighted by atomic mass is 16.5. The molecule has 0 N–H and O–H groups in total. The lowest BCUT2D eigenvalue weighted by Crippen LogP contribution is -2.22. The van der Waals surface area contributed by atoms with Crippen molar-refractivity contribution in [1.29, 1.82) is 0 Å². The minimum absolute atomic E-state index is 0.720. The Morgan fingerprint density at radius 3 is 2.36 bits per heavy atom. The zero-order valence-electron chi connectivity index (χ0n) is 17.4. The summed E-state index contributed by atoms with van der Waals surface area (Å²) < 4.78 is 12.6. The zero-order chi connectivity index (χ0) is 20.3. The molecule has 7 heteroatoms. The van der Waals surface area contributed by atoms with E-state index in [1.165, 1.54) is 5.56 Å². The molecule has 7 nitrogen and oxygen atoms in total. The van der Waals surface area contributed by atoms with Gasteiger partial charge in [0.05, 0.1) is 19.9 Å². The second-order valence-electron chi connectivity index (χ2n) is 6.83. The summed E-state index contributed by atoms with van der Waals surface area (Å²) in [5.74, 6) is 3.85. The summed E-state index contributed by atoms with van der Waals surface area (Å²) in [5, 5.41) is 4.53. The average molecular weight is 381 g/mol. The highest BCUT2D eigenvalue weighted by Gasteiger charge is 2.12. The fourth-order valence-corrected chi connectivity index (χ4v) is 3.15. The van der Waals surface area contributed by atoms with Crippen LogP contribution in [-0.2, 0) is 6.42 Å². The van der Waals surface area contributed by atoms with Crippen LogP contribution in [0.1, 0.15) is 22.8 Å². The number of methoxy groups -OCH3 is 2. The third-order valence-electron chi connectivity index (χ3n) is 4.61. The number of aryl methyl sites for hydroxylation is 3. The molecular weight excluding hydrogens is 354 g/mol. The van der Waals surface area contributed by atoms with Gasteiger partial charge in [0.15, 0.2) is 17.3 Å². The normalized spacial score (nSPS) is 10.8. The predicted molar refractivity (Wildman–Crippen MR) is 110 cm³/mol. The number of aromatic nitrogens is 4. The fourth-order valence-electron chi connectivity index (χ4n) is 3.15. The number of nitrogens with zero attached hydrogens (tertiary/aromatic N) is 5. The van der Waals surface area contributed by atoms with Gasteiger partial charge < -0.3 is 14.4 Å². The molecule has 0 aliphatic carbocycles. The Morgan fingerprint density at radius 2 is 1.71 bits per heavy atom. The number of hydrogen-bond donors (Lipinski definition) is 0. The smallest absolute Gasteiger partial charge is 0.160 e. The van der Waals surface area contributed by atoms with Crippen LogP contribution in [0.3, 0.4) is 0 Å². The van der Waals surface area contributed by atoms with Gasteiger partial charge in [-0.1, -0.05) is 6.07 Å². The van der Waals surface area contributed by atoms with E-state index < -0.39 is 0 Å². The van der Waals surface area contributed by atoms with E-state index in [2.05, 4.69) is 26.0 Å².